The van der Waals surface area contributed by atoms with E-state index in [2.05, 4.69) is 10.5 Å². The number of carbonyl (C=O) groups excluding carboxylic acids is 1. The molecule has 0 unspecified atom stereocenters. The van der Waals surface area contributed by atoms with Crippen molar-refractivity contribution in [3.63, 3.8) is 0 Å². The maximum absolute atomic E-state index is 11.7. The lowest BCUT2D eigenvalue weighted by Crippen LogP contribution is -2.24. The van der Waals surface area contributed by atoms with E-state index in [0.29, 0.717) is 18.7 Å². The van der Waals surface area contributed by atoms with Crippen molar-refractivity contribution in [1.82, 2.24) is 10.5 Å². The number of hydrogen-bond donors (Lipinski definition) is 1. The van der Waals surface area contributed by atoms with Crippen LogP contribution in [0.5, 0.6) is 0 Å². The number of nitrogens with one attached hydrogen (secondary N) is 1. The van der Waals surface area contributed by atoms with Gasteiger partial charge in [0.15, 0.2) is 0 Å². The summed E-state index contributed by atoms with van der Waals surface area (Å²) < 4.78 is 5.02. The molecule has 0 aliphatic rings. The van der Waals surface area contributed by atoms with Crippen molar-refractivity contribution in [2.24, 2.45) is 0 Å². The predicted octanol–water partition coefficient (Wildman–Crippen LogP) is 2.21. The van der Waals surface area contributed by atoms with E-state index >= 15 is 0 Å². The van der Waals surface area contributed by atoms with Crippen molar-refractivity contribution in [2.75, 3.05) is 0 Å². The number of aryl methyl sites for hydroxylation is 2. The Bertz CT molecular complexity index is 483. The summed E-state index contributed by atoms with van der Waals surface area (Å²) in [6.45, 7) is 4.25. The van der Waals surface area contributed by atoms with Crippen LogP contribution in [0.4, 0.5) is 0 Å². The first-order chi connectivity index (χ1) is 8.16. The van der Waals surface area contributed by atoms with Crippen molar-refractivity contribution in [1.29, 1.82) is 0 Å². The molecule has 5 heteroatoms. The maximum atomic E-state index is 11.7. The summed E-state index contributed by atoms with van der Waals surface area (Å²) in [4.78, 5) is 12.9. The largest absolute Gasteiger partial charge is 0.361 e. The zero-order valence-electron chi connectivity index (χ0n) is 9.82. The first-order valence-corrected chi connectivity index (χ1v) is 6.25. The van der Waals surface area contributed by atoms with E-state index in [1.807, 2.05) is 31.4 Å². The Labute approximate surface area is 104 Å². The number of nitrogens with zero attached hydrogens (tertiary/aromatic N) is 1. The van der Waals surface area contributed by atoms with Gasteiger partial charge in [0.05, 0.1) is 18.7 Å². The molecule has 0 aliphatic carbocycles. The van der Waals surface area contributed by atoms with E-state index in [9.17, 15) is 4.79 Å². The third kappa shape index (κ3) is 2.94. The van der Waals surface area contributed by atoms with Gasteiger partial charge < -0.3 is 9.84 Å². The molecule has 0 saturated carbocycles. The third-order valence-corrected chi connectivity index (χ3v) is 3.43. The van der Waals surface area contributed by atoms with Crippen molar-refractivity contribution in [3.8, 4) is 0 Å². The molecule has 90 valence electrons. The molecule has 0 atom stereocenters. The van der Waals surface area contributed by atoms with Gasteiger partial charge in [-0.15, -0.1) is 11.3 Å². The average Bonchev–Trinajstić information content (AvgIpc) is 2.91. The predicted molar refractivity (Wildman–Crippen MR) is 65.8 cm³/mol. The minimum atomic E-state index is -0.00667. The van der Waals surface area contributed by atoms with Crippen LogP contribution in [0.3, 0.4) is 0 Å². The van der Waals surface area contributed by atoms with Crippen LogP contribution in [-0.4, -0.2) is 11.1 Å². The summed E-state index contributed by atoms with van der Waals surface area (Å²) in [5, 5.41) is 8.70. The smallest absolute Gasteiger partial charge is 0.224 e. The summed E-state index contributed by atoms with van der Waals surface area (Å²) in [6.07, 6.45) is 0.326. The number of amides is 1. The van der Waals surface area contributed by atoms with Gasteiger partial charge in [-0.05, 0) is 25.3 Å². The Balaban J connectivity index is 1.89. The van der Waals surface area contributed by atoms with Gasteiger partial charge in [-0.3, -0.25) is 4.79 Å². The Morgan fingerprint density at radius 3 is 2.94 bits per heavy atom. The van der Waals surface area contributed by atoms with Gasteiger partial charge in [-0.1, -0.05) is 11.2 Å². The first-order valence-electron chi connectivity index (χ1n) is 5.37. The van der Waals surface area contributed by atoms with Crippen LogP contribution in [0.2, 0.25) is 0 Å². The zero-order chi connectivity index (χ0) is 12.3. The molecule has 2 aromatic rings. The van der Waals surface area contributed by atoms with Gasteiger partial charge in [0.2, 0.25) is 5.91 Å². The first kappa shape index (κ1) is 11.9. The van der Waals surface area contributed by atoms with Crippen LogP contribution >= 0.6 is 11.3 Å². The van der Waals surface area contributed by atoms with Crippen LogP contribution in [0.15, 0.2) is 22.0 Å². The van der Waals surface area contributed by atoms with Gasteiger partial charge in [-0.2, -0.15) is 0 Å². The van der Waals surface area contributed by atoms with Crippen molar-refractivity contribution in [2.45, 2.75) is 26.8 Å². The number of carbonyl (C=O) groups is 1. The number of hydrogen-bond acceptors (Lipinski definition) is 4. The van der Waals surface area contributed by atoms with E-state index in [-0.39, 0.29) is 5.91 Å². The minimum Gasteiger partial charge on any atom is -0.361 e. The highest BCUT2D eigenvalue weighted by molar-refractivity contribution is 7.09. The van der Waals surface area contributed by atoms with E-state index in [1.165, 1.54) is 0 Å². The van der Waals surface area contributed by atoms with E-state index in [1.54, 1.807) is 11.3 Å². The quantitative estimate of drug-likeness (QED) is 0.905. The summed E-state index contributed by atoms with van der Waals surface area (Å²) in [5.41, 5.74) is 1.67. The topological polar surface area (TPSA) is 55.1 Å². The van der Waals surface area contributed by atoms with Gasteiger partial charge >= 0.3 is 0 Å². The molecule has 17 heavy (non-hydrogen) atoms. The van der Waals surface area contributed by atoms with E-state index in [4.69, 9.17) is 4.52 Å². The van der Waals surface area contributed by atoms with Gasteiger partial charge in [0.1, 0.15) is 5.76 Å². The molecular weight excluding hydrogens is 236 g/mol. The van der Waals surface area contributed by atoms with Crippen LogP contribution in [-0.2, 0) is 17.8 Å². The van der Waals surface area contributed by atoms with Crippen LogP contribution in [0.1, 0.15) is 21.9 Å². The highest BCUT2D eigenvalue weighted by atomic mass is 32.1. The summed E-state index contributed by atoms with van der Waals surface area (Å²) in [6, 6.07) is 3.97. The molecule has 0 saturated heterocycles. The molecular formula is C12H14N2O2S. The van der Waals surface area contributed by atoms with Crippen molar-refractivity contribution in [3.05, 3.63) is 39.4 Å². The fraction of sp³-hybridized carbons (Fsp3) is 0.333. The highest BCUT2D eigenvalue weighted by Gasteiger charge is 2.13. The molecule has 0 bridgehead atoms. The van der Waals surface area contributed by atoms with Crippen molar-refractivity contribution < 1.29 is 9.32 Å². The molecule has 0 radical (unpaired) electrons. The Kier molecular flexibility index (Phi) is 3.58. The molecule has 2 heterocycles. The second kappa shape index (κ2) is 5.14. The molecule has 2 rings (SSSR count). The standard InChI is InChI=1S/C12H14N2O2S/c1-8-11(9(2)16-14-8)6-12(15)13-7-10-4-3-5-17-10/h3-5H,6-7H2,1-2H3,(H,13,15). The number of rotatable bonds is 4. The molecule has 0 fully saturated rings. The fourth-order valence-electron chi connectivity index (χ4n) is 1.58. The lowest BCUT2D eigenvalue weighted by atomic mass is 10.1. The van der Waals surface area contributed by atoms with Crippen LogP contribution < -0.4 is 5.32 Å². The Morgan fingerprint density at radius 2 is 2.35 bits per heavy atom. The van der Waals surface area contributed by atoms with Crippen molar-refractivity contribution >= 4 is 17.2 Å². The Hall–Kier alpha value is -1.62. The van der Waals surface area contributed by atoms with Gasteiger partial charge in [0, 0.05) is 10.4 Å². The van der Waals surface area contributed by atoms with Crippen LogP contribution in [0.25, 0.3) is 0 Å². The maximum Gasteiger partial charge on any atom is 0.224 e. The van der Waals surface area contributed by atoms with E-state index < -0.39 is 0 Å². The zero-order valence-corrected chi connectivity index (χ0v) is 10.6. The fourth-order valence-corrected chi connectivity index (χ4v) is 2.22. The van der Waals surface area contributed by atoms with Crippen LogP contribution in [0, 0.1) is 13.8 Å². The summed E-state index contributed by atoms with van der Waals surface area (Å²) in [5.74, 6) is 0.710. The second-order valence-electron chi connectivity index (χ2n) is 3.84. The molecule has 1 N–H and O–H groups in total. The lowest BCUT2D eigenvalue weighted by molar-refractivity contribution is -0.120. The summed E-state index contributed by atoms with van der Waals surface area (Å²) in [7, 11) is 0. The Morgan fingerprint density at radius 1 is 1.53 bits per heavy atom. The normalized spacial score (nSPS) is 10.5. The SMILES string of the molecule is Cc1noc(C)c1CC(=O)NCc1cccs1. The second-order valence-corrected chi connectivity index (χ2v) is 4.87. The average molecular weight is 250 g/mol. The molecule has 0 spiro atoms. The molecule has 0 aromatic carbocycles. The number of aromatic nitrogens is 1. The molecule has 0 aliphatic heterocycles. The monoisotopic (exact) mass is 250 g/mol. The van der Waals surface area contributed by atoms with Gasteiger partial charge in [0.25, 0.3) is 0 Å². The summed E-state index contributed by atoms with van der Waals surface area (Å²) >= 11 is 1.63. The highest BCUT2D eigenvalue weighted by Crippen LogP contribution is 2.13. The van der Waals surface area contributed by atoms with E-state index in [0.717, 1.165) is 16.1 Å². The lowest BCUT2D eigenvalue weighted by Gasteiger charge is -2.03. The van der Waals surface area contributed by atoms with Gasteiger partial charge in [-0.25, -0.2) is 0 Å². The molecule has 2 aromatic heterocycles. The number of thiophene rings is 1. The molecule has 1 amide bonds. The minimum absolute atomic E-state index is 0.00667. The third-order valence-electron chi connectivity index (χ3n) is 2.56. The molecule has 4 nitrogen and oxygen atoms in total.